The van der Waals surface area contributed by atoms with Crippen molar-refractivity contribution >= 4 is 22.1 Å². The number of nitro groups is 1. The fraction of sp³-hybridized carbons (Fsp3) is 0.312. The number of aromatic nitrogens is 1. The second-order valence-corrected chi connectivity index (χ2v) is 5.34. The Balaban J connectivity index is 1.87. The zero-order chi connectivity index (χ0) is 14.7. The lowest BCUT2D eigenvalue weighted by Gasteiger charge is -2.19. The lowest BCUT2D eigenvalue weighted by atomic mass is 9.94. The molecule has 1 aliphatic carbocycles. The molecule has 108 valence electrons. The highest BCUT2D eigenvalue weighted by Gasteiger charge is 2.15. The minimum atomic E-state index is -0.361. The zero-order valence-corrected chi connectivity index (χ0v) is 11.7. The van der Waals surface area contributed by atoms with Gasteiger partial charge in [0.1, 0.15) is 0 Å². The first-order chi connectivity index (χ1) is 10.3. The van der Waals surface area contributed by atoms with Gasteiger partial charge in [0.05, 0.1) is 10.3 Å². The Bertz CT molecular complexity index is 697. The van der Waals surface area contributed by atoms with Crippen molar-refractivity contribution in [3.05, 3.63) is 52.9 Å². The predicted molar refractivity (Wildman–Crippen MR) is 83.4 cm³/mol. The summed E-state index contributed by atoms with van der Waals surface area (Å²) in [5.74, 6) is 0.627. The molecular weight excluding hydrogens is 266 g/mol. The van der Waals surface area contributed by atoms with Crippen LogP contribution in [0.5, 0.6) is 0 Å². The first-order valence-electron chi connectivity index (χ1n) is 7.15. The first-order valence-corrected chi connectivity index (χ1v) is 7.15. The van der Waals surface area contributed by atoms with Crippen LogP contribution in [-0.4, -0.2) is 16.5 Å². The fourth-order valence-corrected chi connectivity index (χ4v) is 2.78. The maximum Gasteiger partial charge on any atom is 0.278 e. The minimum absolute atomic E-state index is 0.101. The number of hydrogen-bond acceptors (Lipinski definition) is 4. The average molecular weight is 283 g/mol. The highest BCUT2D eigenvalue weighted by Crippen LogP contribution is 2.31. The van der Waals surface area contributed by atoms with Crippen LogP contribution in [0.15, 0.2) is 42.7 Å². The van der Waals surface area contributed by atoms with Crippen molar-refractivity contribution in [2.45, 2.75) is 19.3 Å². The van der Waals surface area contributed by atoms with Crippen LogP contribution in [0.3, 0.4) is 0 Å². The monoisotopic (exact) mass is 283 g/mol. The van der Waals surface area contributed by atoms with Gasteiger partial charge in [0.25, 0.3) is 5.69 Å². The van der Waals surface area contributed by atoms with E-state index in [1.807, 2.05) is 6.07 Å². The second kappa shape index (κ2) is 5.91. The van der Waals surface area contributed by atoms with Crippen molar-refractivity contribution in [2.24, 2.45) is 5.92 Å². The van der Waals surface area contributed by atoms with Gasteiger partial charge in [0.2, 0.25) is 0 Å². The summed E-state index contributed by atoms with van der Waals surface area (Å²) in [6, 6.07) is 5.16. The Labute approximate surface area is 122 Å². The normalized spacial score (nSPS) is 17.8. The summed E-state index contributed by atoms with van der Waals surface area (Å²) in [4.78, 5) is 14.7. The van der Waals surface area contributed by atoms with Gasteiger partial charge in [-0.1, -0.05) is 12.2 Å². The Morgan fingerprint density at radius 1 is 1.29 bits per heavy atom. The number of allylic oxidation sites excluding steroid dienone is 2. The van der Waals surface area contributed by atoms with Crippen LogP contribution in [0.4, 0.5) is 11.4 Å². The molecule has 1 atom stereocenters. The summed E-state index contributed by atoms with van der Waals surface area (Å²) < 4.78 is 0. The molecule has 2 aromatic rings. The number of rotatable bonds is 4. The number of pyridine rings is 1. The third-order valence-corrected chi connectivity index (χ3v) is 3.95. The van der Waals surface area contributed by atoms with Crippen LogP contribution in [0.25, 0.3) is 10.8 Å². The van der Waals surface area contributed by atoms with Gasteiger partial charge in [0, 0.05) is 36.1 Å². The molecule has 5 nitrogen and oxygen atoms in total. The Hall–Kier alpha value is -2.43. The minimum Gasteiger partial charge on any atom is -0.384 e. The predicted octanol–water partition coefficient (Wildman–Crippen LogP) is 3.91. The van der Waals surface area contributed by atoms with Crippen LogP contribution >= 0.6 is 0 Å². The van der Waals surface area contributed by atoms with Gasteiger partial charge >= 0.3 is 0 Å². The van der Waals surface area contributed by atoms with E-state index in [1.54, 1.807) is 24.5 Å². The van der Waals surface area contributed by atoms with Crippen LogP contribution in [0.1, 0.15) is 19.3 Å². The molecule has 0 amide bonds. The number of non-ortho nitro benzene ring substituents is 1. The molecule has 1 heterocycles. The quantitative estimate of drug-likeness (QED) is 0.524. The molecule has 0 aliphatic heterocycles. The SMILES string of the molecule is O=[N+]([O-])c1ccc(NCC2CC=CCC2)c2ccncc12. The first kappa shape index (κ1) is 13.5. The van der Waals surface area contributed by atoms with E-state index in [0.717, 1.165) is 30.5 Å². The van der Waals surface area contributed by atoms with Crippen molar-refractivity contribution in [3.8, 4) is 0 Å². The second-order valence-electron chi connectivity index (χ2n) is 5.34. The molecule has 0 saturated heterocycles. The molecule has 1 unspecified atom stereocenters. The van der Waals surface area contributed by atoms with E-state index >= 15 is 0 Å². The van der Waals surface area contributed by atoms with Crippen molar-refractivity contribution in [1.82, 2.24) is 4.98 Å². The Kier molecular flexibility index (Phi) is 3.81. The molecule has 1 aliphatic rings. The van der Waals surface area contributed by atoms with Crippen molar-refractivity contribution in [1.29, 1.82) is 0 Å². The molecule has 5 heteroatoms. The molecule has 0 saturated carbocycles. The standard InChI is InChI=1S/C16H17N3O2/c20-19(21)16-7-6-15(13-8-9-17-11-14(13)16)18-10-12-4-2-1-3-5-12/h1-2,6-9,11-12,18H,3-5,10H2. The number of anilines is 1. The van der Waals surface area contributed by atoms with Gasteiger partial charge < -0.3 is 5.32 Å². The largest absolute Gasteiger partial charge is 0.384 e. The van der Waals surface area contributed by atoms with E-state index in [4.69, 9.17) is 0 Å². The summed E-state index contributed by atoms with van der Waals surface area (Å²) in [5, 5.41) is 16.0. The smallest absolute Gasteiger partial charge is 0.278 e. The van der Waals surface area contributed by atoms with Crippen LogP contribution in [0, 0.1) is 16.0 Å². The number of nitrogens with zero attached hydrogens (tertiary/aromatic N) is 2. The lowest BCUT2D eigenvalue weighted by molar-refractivity contribution is -0.383. The van der Waals surface area contributed by atoms with Crippen molar-refractivity contribution in [3.63, 3.8) is 0 Å². The zero-order valence-electron chi connectivity index (χ0n) is 11.7. The number of hydrogen-bond donors (Lipinski definition) is 1. The third kappa shape index (κ3) is 2.86. The van der Waals surface area contributed by atoms with Gasteiger partial charge in [-0.15, -0.1) is 0 Å². The molecule has 21 heavy (non-hydrogen) atoms. The van der Waals surface area contributed by atoms with E-state index < -0.39 is 0 Å². The van der Waals surface area contributed by atoms with Crippen LogP contribution < -0.4 is 5.32 Å². The lowest BCUT2D eigenvalue weighted by Crippen LogP contribution is -2.15. The molecule has 0 fully saturated rings. The Morgan fingerprint density at radius 3 is 2.95 bits per heavy atom. The van der Waals surface area contributed by atoms with E-state index in [2.05, 4.69) is 22.5 Å². The van der Waals surface area contributed by atoms with E-state index in [0.29, 0.717) is 11.3 Å². The van der Waals surface area contributed by atoms with E-state index in [9.17, 15) is 10.1 Å². The third-order valence-electron chi connectivity index (χ3n) is 3.95. The summed E-state index contributed by atoms with van der Waals surface area (Å²) in [7, 11) is 0. The summed E-state index contributed by atoms with van der Waals surface area (Å²) in [6.07, 6.45) is 11.1. The molecule has 0 radical (unpaired) electrons. The topological polar surface area (TPSA) is 68.1 Å². The van der Waals surface area contributed by atoms with Crippen LogP contribution in [0.2, 0.25) is 0 Å². The molecule has 0 bridgehead atoms. The number of benzene rings is 1. The van der Waals surface area contributed by atoms with Gasteiger partial charge in [-0.3, -0.25) is 15.1 Å². The highest BCUT2D eigenvalue weighted by molar-refractivity contribution is 5.99. The molecule has 1 aromatic heterocycles. The summed E-state index contributed by atoms with van der Waals surface area (Å²) >= 11 is 0. The molecular formula is C16H17N3O2. The fourth-order valence-electron chi connectivity index (χ4n) is 2.78. The van der Waals surface area contributed by atoms with Crippen LogP contribution in [-0.2, 0) is 0 Å². The molecule has 1 N–H and O–H groups in total. The molecule has 1 aromatic carbocycles. The maximum atomic E-state index is 11.1. The van der Waals surface area contributed by atoms with Gasteiger partial charge in [-0.05, 0) is 37.3 Å². The van der Waals surface area contributed by atoms with Gasteiger partial charge in [0.15, 0.2) is 0 Å². The summed E-state index contributed by atoms with van der Waals surface area (Å²) in [5.41, 5.74) is 1.04. The number of nitrogens with one attached hydrogen (secondary N) is 1. The van der Waals surface area contributed by atoms with Gasteiger partial charge in [-0.2, -0.15) is 0 Å². The highest BCUT2D eigenvalue weighted by atomic mass is 16.6. The number of nitro benzene ring substituents is 1. The average Bonchev–Trinajstić information content (AvgIpc) is 2.53. The van der Waals surface area contributed by atoms with Crippen molar-refractivity contribution in [2.75, 3.05) is 11.9 Å². The Morgan fingerprint density at radius 2 is 2.19 bits per heavy atom. The molecule has 0 spiro atoms. The van der Waals surface area contributed by atoms with Crippen molar-refractivity contribution < 1.29 is 4.92 Å². The summed E-state index contributed by atoms with van der Waals surface area (Å²) in [6.45, 7) is 0.888. The number of fused-ring (bicyclic) bond motifs is 1. The van der Waals surface area contributed by atoms with Gasteiger partial charge in [-0.25, -0.2) is 0 Å². The van der Waals surface area contributed by atoms with E-state index in [-0.39, 0.29) is 10.6 Å². The van der Waals surface area contributed by atoms with E-state index in [1.165, 1.54) is 6.42 Å². The molecule has 3 rings (SSSR count). The maximum absolute atomic E-state index is 11.1.